The van der Waals surface area contributed by atoms with Gasteiger partial charge in [0.2, 0.25) is 0 Å². The van der Waals surface area contributed by atoms with Crippen molar-refractivity contribution in [3.05, 3.63) is 24.4 Å². The molecule has 1 rings (SSSR count). The number of unbranched alkanes of at least 4 members (excludes halogenated alkanes) is 2. The summed E-state index contributed by atoms with van der Waals surface area (Å²) < 4.78 is 0. The highest BCUT2D eigenvalue weighted by Crippen LogP contribution is 2.15. The number of hydrogen-bond donors (Lipinski definition) is 0. The van der Waals surface area contributed by atoms with Gasteiger partial charge in [0.25, 0.3) is 0 Å². The van der Waals surface area contributed by atoms with Crippen molar-refractivity contribution in [2.24, 2.45) is 0 Å². The lowest BCUT2D eigenvalue weighted by Crippen LogP contribution is -1.81. The van der Waals surface area contributed by atoms with Crippen LogP contribution in [0.3, 0.4) is 0 Å². The summed E-state index contributed by atoms with van der Waals surface area (Å²) in [5.41, 5.74) is 0. The molecule has 0 bridgehead atoms. The van der Waals surface area contributed by atoms with Gasteiger partial charge in [0, 0.05) is 6.20 Å². The molecule has 0 aromatic carbocycles. The molecule has 1 heterocycles. The fraction of sp³-hybridized carbons (Fsp3) is 0.583. The second kappa shape index (κ2) is 10.6. The van der Waals surface area contributed by atoms with E-state index in [0.29, 0.717) is 0 Å². The Bertz CT molecular complexity index is 199. The van der Waals surface area contributed by atoms with Gasteiger partial charge in [-0.2, -0.15) is 0 Å². The number of aromatic nitrogens is 1. The maximum Gasteiger partial charge on any atom is 0.0959 e. The molecule has 0 spiro atoms. The van der Waals surface area contributed by atoms with E-state index >= 15 is 0 Å². The third-order valence-electron chi connectivity index (χ3n) is 1.64. The predicted octanol–water partition coefficient (Wildman–Crippen LogP) is 4.39. The van der Waals surface area contributed by atoms with Crippen LogP contribution in [0.25, 0.3) is 0 Å². The molecule has 0 amide bonds. The monoisotopic (exact) mass is 211 g/mol. The lowest BCUT2D eigenvalue weighted by atomic mass is 10.3. The summed E-state index contributed by atoms with van der Waals surface area (Å²) in [6.45, 7) is 6.23. The fourth-order valence-electron chi connectivity index (χ4n) is 0.961. The van der Waals surface area contributed by atoms with Crippen LogP contribution in [0.4, 0.5) is 0 Å². The first kappa shape index (κ1) is 13.5. The highest BCUT2D eigenvalue weighted by molar-refractivity contribution is 7.99. The molecule has 0 unspecified atom stereocenters. The average molecular weight is 211 g/mol. The van der Waals surface area contributed by atoms with Crippen molar-refractivity contribution in [1.82, 2.24) is 4.98 Å². The minimum absolute atomic E-state index is 1.15. The molecule has 2 heteroatoms. The van der Waals surface area contributed by atoms with E-state index in [-0.39, 0.29) is 0 Å². The zero-order valence-electron chi connectivity index (χ0n) is 9.49. The summed E-state index contributed by atoms with van der Waals surface area (Å²) in [5.74, 6) is 1.20. The third kappa shape index (κ3) is 6.96. The average Bonchev–Trinajstić information content (AvgIpc) is 2.29. The Morgan fingerprint density at radius 2 is 2.00 bits per heavy atom. The van der Waals surface area contributed by atoms with Crippen LogP contribution in [0.2, 0.25) is 0 Å². The Labute approximate surface area is 92.3 Å². The number of rotatable bonds is 5. The molecule has 0 aliphatic rings. The van der Waals surface area contributed by atoms with E-state index in [0.717, 1.165) is 5.03 Å². The molecular formula is C12H21NS. The van der Waals surface area contributed by atoms with Gasteiger partial charge in [0.1, 0.15) is 0 Å². The Morgan fingerprint density at radius 1 is 1.21 bits per heavy atom. The van der Waals surface area contributed by atoms with Gasteiger partial charge >= 0.3 is 0 Å². The van der Waals surface area contributed by atoms with Crippen molar-refractivity contribution in [3.63, 3.8) is 0 Å². The molecule has 0 saturated carbocycles. The van der Waals surface area contributed by atoms with Crippen LogP contribution in [0, 0.1) is 0 Å². The van der Waals surface area contributed by atoms with Crippen LogP contribution >= 0.6 is 11.8 Å². The number of thioether (sulfide) groups is 1. The smallest absolute Gasteiger partial charge is 0.0959 e. The summed E-state index contributed by atoms with van der Waals surface area (Å²) in [5, 5.41) is 1.15. The summed E-state index contributed by atoms with van der Waals surface area (Å²) in [4.78, 5) is 4.24. The normalized spacial score (nSPS) is 9.07. The van der Waals surface area contributed by atoms with Crippen molar-refractivity contribution >= 4 is 11.8 Å². The fourth-order valence-corrected chi connectivity index (χ4v) is 1.83. The highest BCUT2D eigenvalue weighted by Gasteiger charge is 1.92. The van der Waals surface area contributed by atoms with Gasteiger partial charge < -0.3 is 0 Å². The quantitative estimate of drug-likeness (QED) is 0.529. The van der Waals surface area contributed by atoms with Gasteiger partial charge in [0.05, 0.1) is 5.03 Å². The molecule has 0 atom stereocenters. The van der Waals surface area contributed by atoms with Gasteiger partial charge in [-0.25, -0.2) is 4.98 Å². The Kier molecular flexibility index (Phi) is 10.2. The summed E-state index contributed by atoms with van der Waals surface area (Å²) in [6, 6.07) is 6.06. The lowest BCUT2D eigenvalue weighted by Gasteiger charge is -1.98. The minimum Gasteiger partial charge on any atom is -0.250 e. The summed E-state index contributed by atoms with van der Waals surface area (Å²) in [6.07, 6.45) is 5.78. The number of nitrogens with zero attached hydrogens (tertiary/aromatic N) is 1. The summed E-state index contributed by atoms with van der Waals surface area (Å²) in [7, 11) is 0. The molecule has 0 saturated heterocycles. The Hall–Kier alpha value is -0.500. The molecular weight excluding hydrogens is 190 g/mol. The SMILES string of the molecule is CC.CCCCCSc1ccccn1. The zero-order chi connectivity index (χ0) is 10.6. The second-order valence-electron chi connectivity index (χ2n) is 2.72. The molecule has 0 aliphatic carbocycles. The van der Waals surface area contributed by atoms with Gasteiger partial charge in [-0.3, -0.25) is 0 Å². The molecule has 14 heavy (non-hydrogen) atoms. The van der Waals surface area contributed by atoms with E-state index in [9.17, 15) is 0 Å². The maximum atomic E-state index is 4.24. The van der Waals surface area contributed by atoms with Crippen molar-refractivity contribution in [2.45, 2.75) is 45.1 Å². The van der Waals surface area contributed by atoms with Crippen LogP contribution < -0.4 is 0 Å². The molecule has 1 aromatic heterocycles. The van der Waals surface area contributed by atoms with Gasteiger partial charge in [-0.05, 0) is 24.3 Å². The first-order valence-corrected chi connectivity index (χ1v) is 6.46. The van der Waals surface area contributed by atoms with Crippen LogP contribution in [0.5, 0.6) is 0 Å². The first-order valence-electron chi connectivity index (χ1n) is 5.47. The largest absolute Gasteiger partial charge is 0.250 e. The molecule has 0 aliphatic heterocycles. The summed E-state index contributed by atoms with van der Waals surface area (Å²) >= 11 is 1.85. The van der Waals surface area contributed by atoms with E-state index in [1.165, 1.54) is 25.0 Å². The highest BCUT2D eigenvalue weighted by atomic mass is 32.2. The molecule has 0 radical (unpaired) electrons. The number of hydrogen-bond acceptors (Lipinski definition) is 2. The Balaban J connectivity index is 0.000000791. The second-order valence-corrected chi connectivity index (χ2v) is 3.84. The van der Waals surface area contributed by atoms with Gasteiger partial charge in [-0.1, -0.05) is 39.7 Å². The van der Waals surface area contributed by atoms with Crippen LogP contribution in [0.15, 0.2) is 29.4 Å². The standard InChI is InChI=1S/C10H15NS.C2H6/c1-2-3-6-9-12-10-7-4-5-8-11-10;1-2/h4-5,7-8H,2-3,6,9H2,1H3;1-2H3. The van der Waals surface area contributed by atoms with E-state index < -0.39 is 0 Å². The molecule has 1 aromatic rings. The Morgan fingerprint density at radius 3 is 2.57 bits per heavy atom. The van der Waals surface area contributed by atoms with Crippen molar-refractivity contribution in [3.8, 4) is 0 Å². The lowest BCUT2D eigenvalue weighted by molar-refractivity contribution is 0.778. The van der Waals surface area contributed by atoms with Crippen molar-refractivity contribution in [2.75, 3.05) is 5.75 Å². The van der Waals surface area contributed by atoms with E-state index in [2.05, 4.69) is 18.0 Å². The topological polar surface area (TPSA) is 12.9 Å². The predicted molar refractivity (Wildman–Crippen MR) is 65.8 cm³/mol. The minimum atomic E-state index is 1.15. The third-order valence-corrected chi connectivity index (χ3v) is 2.67. The van der Waals surface area contributed by atoms with Gasteiger partial charge in [0.15, 0.2) is 0 Å². The van der Waals surface area contributed by atoms with Crippen LogP contribution in [0.1, 0.15) is 40.0 Å². The molecule has 80 valence electrons. The van der Waals surface area contributed by atoms with E-state index in [1.54, 1.807) is 0 Å². The van der Waals surface area contributed by atoms with Crippen LogP contribution in [-0.2, 0) is 0 Å². The van der Waals surface area contributed by atoms with Crippen LogP contribution in [-0.4, -0.2) is 10.7 Å². The van der Waals surface area contributed by atoms with Gasteiger partial charge in [-0.15, -0.1) is 11.8 Å². The molecule has 0 N–H and O–H groups in total. The maximum absolute atomic E-state index is 4.24. The van der Waals surface area contributed by atoms with Crippen molar-refractivity contribution < 1.29 is 0 Å². The van der Waals surface area contributed by atoms with E-state index in [1.807, 2.05) is 43.9 Å². The molecule has 0 fully saturated rings. The van der Waals surface area contributed by atoms with E-state index in [4.69, 9.17) is 0 Å². The number of pyridine rings is 1. The zero-order valence-corrected chi connectivity index (χ0v) is 10.3. The van der Waals surface area contributed by atoms with Crippen molar-refractivity contribution in [1.29, 1.82) is 0 Å². The first-order chi connectivity index (χ1) is 6.93. The molecule has 1 nitrogen and oxygen atoms in total.